The zero-order valence-electron chi connectivity index (χ0n) is 5.40. The van der Waals surface area contributed by atoms with Crippen molar-refractivity contribution < 1.29 is 8.78 Å². The Labute approximate surface area is 54.3 Å². The summed E-state index contributed by atoms with van der Waals surface area (Å²) < 4.78 is 23.1. The van der Waals surface area contributed by atoms with Crippen LogP contribution >= 0.6 is 0 Å². The third kappa shape index (κ3) is 3.96. The highest BCUT2D eigenvalue weighted by molar-refractivity contribution is 4.92. The fourth-order valence-electron chi connectivity index (χ4n) is 0.568. The van der Waals surface area contributed by atoms with Crippen LogP contribution < -0.4 is 0 Å². The predicted molar refractivity (Wildman–Crippen MR) is 33.2 cm³/mol. The Morgan fingerprint density at radius 1 is 1.56 bits per heavy atom. The minimum Gasteiger partial charge on any atom is -0.210 e. The van der Waals surface area contributed by atoms with Gasteiger partial charge in [0.05, 0.1) is 0 Å². The molecular weight excluding hydrogens is 122 g/mol. The minimum atomic E-state index is -2.26. The van der Waals surface area contributed by atoms with Gasteiger partial charge in [-0.1, -0.05) is 6.92 Å². The van der Waals surface area contributed by atoms with E-state index >= 15 is 0 Å². The van der Waals surface area contributed by atoms with Crippen molar-refractivity contribution in [3.05, 3.63) is 0 Å². The van der Waals surface area contributed by atoms with E-state index in [0.717, 1.165) is 0 Å². The maximum Gasteiger partial charge on any atom is 0.239 e. The molecule has 0 saturated carbocycles. The van der Waals surface area contributed by atoms with Crippen LogP contribution in [-0.2, 0) is 0 Å². The van der Waals surface area contributed by atoms with Gasteiger partial charge in [0.2, 0.25) is 6.43 Å². The monoisotopic (exact) mass is 132 g/mol. The van der Waals surface area contributed by atoms with Crippen LogP contribution in [0.3, 0.4) is 0 Å². The molecule has 0 rings (SSSR count). The van der Waals surface area contributed by atoms with E-state index in [2.05, 4.69) is 5.92 Å². The first-order valence-electron chi connectivity index (χ1n) is 2.95. The normalized spacial score (nSPS) is 13.2. The Balaban J connectivity index is 3.47. The van der Waals surface area contributed by atoms with Crippen LogP contribution in [0.4, 0.5) is 8.78 Å². The largest absolute Gasteiger partial charge is 0.239 e. The van der Waals surface area contributed by atoms with Gasteiger partial charge in [0.25, 0.3) is 0 Å². The fraction of sp³-hybridized carbons (Fsp3) is 0.714. The molecule has 0 saturated heterocycles. The van der Waals surface area contributed by atoms with Crippen molar-refractivity contribution in [2.45, 2.75) is 26.2 Å². The first kappa shape index (κ1) is 8.42. The third-order valence-corrected chi connectivity index (χ3v) is 1.19. The molecule has 0 aliphatic carbocycles. The van der Waals surface area contributed by atoms with Crippen LogP contribution in [0.1, 0.15) is 19.8 Å². The topological polar surface area (TPSA) is 0 Å². The van der Waals surface area contributed by atoms with Crippen molar-refractivity contribution in [2.24, 2.45) is 5.92 Å². The van der Waals surface area contributed by atoms with E-state index in [1.165, 1.54) is 0 Å². The standard InChI is InChI=1S/C7H10F2/c1-3-6(4-2)5-7(8)9/h1,6-7H,4-5H2,2H3. The molecule has 9 heavy (non-hydrogen) atoms. The molecular formula is C7H10F2. The Bertz CT molecular complexity index is 102. The molecule has 0 heterocycles. The van der Waals surface area contributed by atoms with Gasteiger partial charge in [0.1, 0.15) is 0 Å². The molecule has 0 spiro atoms. The van der Waals surface area contributed by atoms with Crippen molar-refractivity contribution in [1.82, 2.24) is 0 Å². The third-order valence-electron chi connectivity index (χ3n) is 1.19. The van der Waals surface area contributed by atoms with Crippen LogP contribution in [-0.4, -0.2) is 6.43 Å². The molecule has 1 unspecified atom stereocenters. The fourth-order valence-corrected chi connectivity index (χ4v) is 0.568. The van der Waals surface area contributed by atoms with E-state index in [1.807, 2.05) is 6.92 Å². The molecule has 0 radical (unpaired) electrons. The van der Waals surface area contributed by atoms with Gasteiger partial charge in [-0.3, -0.25) is 0 Å². The average molecular weight is 132 g/mol. The maximum absolute atomic E-state index is 11.6. The van der Waals surface area contributed by atoms with Gasteiger partial charge in [0, 0.05) is 12.3 Å². The van der Waals surface area contributed by atoms with Gasteiger partial charge in [0.15, 0.2) is 0 Å². The lowest BCUT2D eigenvalue weighted by atomic mass is 10.0. The molecule has 52 valence electrons. The molecule has 0 aliphatic heterocycles. The summed E-state index contributed by atoms with van der Waals surface area (Å²) in [6.07, 6.45) is 3.17. The van der Waals surface area contributed by atoms with Gasteiger partial charge in [-0.05, 0) is 6.42 Å². The summed E-state index contributed by atoms with van der Waals surface area (Å²) in [5, 5.41) is 0. The number of hydrogen-bond acceptors (Lipinski definition) is 0. The van der Waals surface area contributed by atoms with E-state index in [1.54, 1.807) is 0 Å². The molecule has 0 nitrogen and oxygen atoms in total. The number of alkyl halides is 2. The minimum absolute atomic E-state index is 0.160. The van der Waals surface area contributed by atoms with Crippen molar-refractivity contribution in [1.29, 1.82) is 0 Å². The summed E-state index contributed by atoms with van der Waals surface area (Å²) in [6.45, 7) is 1.81. The van der Waals surface area contributed by atoms with Crippen molar-refractivity contribution in [3.8, 4) is 12.3 Å². The van der Waals surface area contributed by atoms with Gasteiger partial charge < -0.3 is 0 Å². The van der Waals surface area contributed by atoms with E-state index in [9.17, 15) is 8.78 Å². The lowest BCUT2D eigenvalue weighted by Crippen LogP contribution is -2.01. The van der Waals surface area contributed by atoms with Gasteiger partial charge in [-0.25, -0.2) is 8.78 Å². The summed E-state index contributed by atoms with van der Waals surface area (Å²) in [5.41, 5.74) is 0. The molecule has 0 N–H and O–H groups in total. The van der Waals surface area contributed by atoms with E-state index in [-0.39, 0.29) is 12.3 Å². The van der Waals surface area contributed by atoms with Crippen LogP contribution in [0.2, 0.25) is 0 Å². The Morgan fingerprint density at radius 3 is 2.22 bits per heavy atom. The van der Waals surface area contributed by atoms with Crippen molar-refractivity contribution in [2.75, 3.05) is 0 Å². The van der Waals surface area contributed by atoms with E-state index < -0.39 is 6.43 Å². The molecule has 0 aliphatic rings. The van der Waals surface area contributed by atoms with Gasteiger partial charge in [-0.15, -0.1) is 12.3 Å². The smallest absolute Gasteiger partial charge is 0.210 e. The quantitative estimate of drug-likeness (QED) is 0.517. The highest BCUT2D eigenvalue weighted by Gasteiger charge is 2.09. The zero-order chi connectivity index (χ0) is 7.28. The van der Waals surface area contributed by atoms with Crippen LogP contribution in [0.5, 0.6) is 0 Å². The summed E-state index contributed by atoms with van der Waals surface area (Å²) in [4.78, 5) is 0. The highest BCUT2D eigenvalue weighted by atomic mass is 19.3. The zero-order valence-corrected chi connectivity index (χ0v) is 5.40. The molecule has 0 bridgehead atoms. The average Bonchev–Trinajstić information content (AvgIpc) is 1.82. The Kier molecular flexibility index (Phi) is 4.04. The number of halogens is 2. The summed E-state index contributed by atoms with van der Waals surface area (Å²) in [5.74, 6) is 2.06. The van der Waals surface area contributed by atoms with E-state index in [4.69, 9.17) is 6.42 Å². The lowest BCUT2D eigenvalue weighted by Gasteiger charge is -2.04. The molecule has 0 amide bonds. The maximum atomic E-state index is 11.6. The van der Waals surface area contributed by atoms with Crippen LogP contribution in [0.15, 0.2) is 0 Å². The molecule has 0 aromatic heterocycles. The second kappa shape index (κ2) is 4.31. The van der Waals surface area contributed by atoms with Crippen LogP contribution in [0.25, 0.3) is 0 Å². The molecule has 0 aromatic carbocycles. The highest BCUT2D eigenvalue weighted by Crippen LogP contribution is 2.12. The van der Waals surface area contributed by atoms with Gasteiger partial charge in [-0.2, -0.15) is 0 Å². The number of terminal acetylenes is 1. The molecule has 0 fully saturated rings. The number of hydrogen-bond donors (Lipinski definition) is 0. The SMILES string of the molecule is C#CC(CC)CC(F)F. The van der Waals surface area contributed by atoms with Crippen molar-refractivity contribution >= 4 is 0 Å². The van der Waals surface area contributed by atoms with Gasteiger partial charge >= 0.3 is 0 Å². The first-order chi connectivity index (χ1) is 4.20. The molecule has 1 atom stereocenters. The van der Waals surface area contributed by atoms with Crippen molar-refractivity contribution in [3.63, 3.8) is 0 Å². The summed E-state index contributed by atoms with van der Waals surface area (Å²) >= 11 is 0. The second-order valence-corrected chi connectivity index (χ2v) is 1.90. The van der Waals surface area contributed by atoms with E-state index in [0.29, 0.717) is 6.42 Å². The summed E-state index contributed by atoms with van der Waals surface area (Å²) in [6, 6.07) is 0. The Morgan fingerprint density at radius 2 is 2.11 bits per heavy atom. The Hall–Kier alpha value is -0.580. The second-order valence-electron chi connectivity index (χ2n) is 1.90. The first-order valence-corrected chi connectivity index (χ1v) is 2.95. The number of rotatable bonds is 3. The van der Waals surface area contributed by atoms with Crippen LogP contribution in [0, 0.1) is 18.3 Å². The summed E-state index contributed by atoms with van der Waals surface area (Å²) in [7, 11) is 0. The predicted octanol–water partition coefficient (Wildman–Crippen LogP) is 2.30. The molecule has 0 aromatic rings. The molecule has 2 heteroatoms. The lowest BCUT2D eigenvalue weighted by molar-refractivity contribution is 0.124.